The summed E-state index contributed by atoms with van der Waals surface area (Å²) in [6.07, 6.45) is 0. The van der Waals surface area contributed by atoms with Crippen LogP contribution in [-0.4, -0.2) is 40.7 Å². The van der Waals surface area contributed by atoms with Crippen LogP contribution in [0.15, 0.2) is 35.5 Å². The van der Waals surface area contributed by atoms with E-state index in [4.69, 9.17) is 17.0 Å². The normalized spacial score (nSPS) is 16.8. The zero-order valence-corrected chi connectivity index (χ0v) is 20.3. The molecule has 170 valence electrons. The van der Waals surface area contributed by atoms with Crippen molar-refractivity contribution in [1.82, 2.24) is 15.5 Å². The molecular weight excluding hydrogens is 412 g/mol. The van der Waals surface area contributed by atoms with Gasteiger partial charge in [0.2, 0.25) is 0 Å². The fraction of sp³-hybridized carbons (Fsp3) is 0.522. The van der Waals surface area contributed by atoms with E-state index in [1.165, 1.54) is 0 Å². The number of anilines is 1. The third-order valence-electron chi connectivity index (χ3n) is 4.67. The van der Waals surface area contributed by atoms with Gasteiger partial charge >= 0.3 is 12.0 Å². The molecule has 1 aliphatic heterocycles. The van der Waals surface area contributed by atoms with Gasteiger partial charge in [0, 0.05) is 23.5 Å². The van der Waals surface area contributed by atoms with Crippen molar-refractivity contribution in [2.45, 2.75) is 60.0 Å². The molecule has 0 spiro atoms. The zero-order chi connectivity index (χ0) is 23.3. The van der Waals surface area contributed by atoms with Crippen LogP contribution in [0, 0.1) is 5.92 Å². The first-order valence-electron chi connectivity index (χ1n) is 10.6. The maximum atomic E-state index is 13.0. The van der Waals surface area contributed by atoms with Crippen LogP contribution in [0.4, 0.5) is 10.5 Å². The number of rotatable bonds is 6. The average molecular weight is 447 g/mol. The number of thiocarbonyl (C=S) groups is 1. The van der Waals surface area contributed by atoms with Gasteiger partial charge in [-0.25, -0.2) is 9.59 Å². The Morgan fingerprint density at radius 1 is 1.23 bits per heavy atom. The van der Waals surface area contributed by atoms with E-state index in [-0.39, 0.29) is 23.5 Å². The van der Waals surface area contributed by atoms with Crippen LogP contribution in [0.3, 0.4) is 0 Å². The van der Waals surface area contributed by atoms with Crippen molar-refractivity contribution in [3.8, 4) is 0 Å². The first-order valence-corrected chi connectivity index (χ1v) is 11.0. The second kappa shape index (κ2) is 10.1. The van der Waals surface area contributed by atoms with E-state index in [1.807, 2.05) is 65.5 Å². The summed E-state index contributed by atoms with van der Waals surface area (Å²) in [5.74, 6) is -0.107. The highest BCUT2D eigenvalue weighted by atomic mass is 32.1. The van der Waals surface area contributed by atoms with Gasteiger partial charge in [0.1, 0.15) is 0 Å². The Morgan fingerprint density at radius 2 is 1.84 bits per heavy atom. The molecule has 1 atom stereocenters. The summed E-state index contributed by atoms with van der Waals surface area (Å²) in [7, 11) is 0. The Balaban J connectivity index is 2.29. The topological polar surface area (TPSA) is 82.7 Å². The number of carbonyl (C=O) groups is 2. The van der Waals surface area contributed by atoms with Crippen LogP contribution < -0.4 is 16.0 Å². The van der Waals surface area contributed by atoms with Gasteiger partial charge in [0.25, 0.3) is 0 Å². The molecule has 0 bridgehead atoms. The molecule has 7 nitrogen and oxygen atoms in total. The van der Waals surface area contributed by atoms with E-state index in [9.17, 15) is 9.59 Å². The summed E-state index contributed by atoms with van der Waals surface area (Å²) in [4.78, 5) is 27.0. The Kier molecular flexibility index (Phi) is 8.06. The number of ether oxygens (including phenoxy) is 1. The van der Waals surface area contributed by atoms with Crippen LogP contribution in [0.25, 0.3) is 0 Å². The van der Waals surface area contributed by atoms with Crippen LogP contribution in [0.5, 0.6) is 0 Å². The van der Waals surface area contributed by atoms with E-state index in [0.29, 0.717) is 29.5 Å². The number of esters is 1. The van der Waals surface area contributed by atoms with Crippen molar-refractivity contribution in [2.24, 2.45) is 5.92 Å². The maximum absolute atomic E-state index is 13.0. The van der Waals surface area contributed by atoms with Crippen LogP contribution in [0.1, 0.15) is 60.1 Å². The second-order valence-electron chi connectivity index (χ2n) is 9.07. The van der Waals surface area contributed by atoms with Crippen molar-refractivity contribution in [2.75, 3.05) is 18.5 Å². The third kappa shape index (κ3) is 6.69. The van der Waals surface area contributed by atoms with Crippen LogP contribution in [0.2, 0.25) is 0 Å². The lowest BCUT2D eigenvalue weighted by Gasteiger charge is -2.37. The Labute approximate surface area is 190 Å². The number of urea groups is 1. The first kappa shape index (κ1) is 24.7. The Bertz CT molecular complexity index is 857. The van der Waals surface area contributed by atoms with Gasteiger partial charge in [0.05, 0.1) is 18.2 Å². The molecule has 2 rings (SSSR count). The van der Waals surface area contributed by atoms with Crippen molar-refractivity contribution < 1.29 is 14.3 Å². The molecule has 0 saturated carbocycles. The fourth-order valence-corrected chi connectivity index (χ4v) is 3.64. The molecule has 3 N–H and O–H groups in total. The van der Waals surface area contributed by atoms with Gasteiger partial charge in [-0.05, 0) is 70.5 Å². The van der Waals surface area contributed by atoms with Gasteiger partial charge in [-0.2, -0.15) is 0 Å². The van der Waals surface area contributed by atoms with E-state index in [0.717, 1.165) is 11.3 Å². The molecule has 0 saturated heterocycles. The number of allylic oxidation sites excluding steroid dienone is 1. The molecule has 0 radical (unpaired) electrons. The molecule has 0 aliphatic carbocycles. The minimum Gasteiger partial charge on any atom is -0.462 e. The minimum absolute atomic E-state index is 0.243. The van der Waals surface area contributed by atoms with E-state index in [1.54, 1.807) is 12.1 Å². The Morgan fingerprint density at radius 3 is 2.35 bits per heavy atom. The predicted molar refractivity (Wildman–Crippen MR) is 128 cm³/mol. The molecule has 0 fully saturated rings. The first-order chi connectivity index (χ1) is 14.4. The number of carbonyl (C=O) groups excluding carboxylic acids is 2. The molecule has 1 aromatic carbocycles. The Hall–Kier alpha value is -2.61. The smallest absolute Gasteiger partial charge is 0.338 e. The largest absolute Gasteiger partial charge is 0.462 e. The van der Waals surface area contributed by atoms with Gasteiger partial charge in [-0.15, -0.1) is 0 Å². The average Bonchev–Trinajstić information content (AvgIpc) is 2.65. The highest BCUT2D eigenvalue weighted by molar-refractivity contribution is 7.80. The van der Waals surface area contributed by atoms with Crippen LogP contribution >= 0.6 is 12.2 Å². The summed E-state index contributed by atoms with van der Waals surface area (Å²) in [6, 6.07) is 6.66. The fourth-order valence-electron chi connectivity index (χ4n) is 3.26. The van der Waals surface area contributed by atoms with Gasteiger partial charge in [-0.1, -0.05) is 26.0 Å². The standard InChI is InChI=1S/C23H34N4O3S/c1-8-27-15(4)18(20(28)30-13-14(2)3)19(25-22(27)31)16-9-11-17(12-10-16)24-21(29)26-23(5,6)7/h9-12,14,19H,8,13H2,1-7H3,(H,25,31)(H2,24,26,29). The van der Waals surface area contributed by atoms with E-state index in [2.05, 4.69) is 16.0 Å². The quantitative estimate of drug-likeness (QED) is 0.446. The predicted octanol–water partition coefficient (Wildman–Crippen LogP) is 4.33. The molecule has 2 amide bonds. The van der Waals surface area contributed by atoms with E-state index >= 15 is 0 Å². The molecule has 1 unspecified atom stereocenters. The highest BCUT2D eigenvalue weighted by Crippen LogP contribution is 2.32. The summed E-state index contributed by atoms with van der Waals surface area (Å²) in [6.45, 7) is 14.6. The maximum Gasteiger partial charge on any atom is 0.338 e. The third-order valence-corrected chi connectivity index (χ3v) is 5.01. The molecule has 31 heavy (non-hydrogen) atoms. The number of amides is 2. The lowest BCUT2D eigenvalue weighted by molar-refractivity contribution is -0.140. The number of hydrogen-bond acceptors (Lipinski definition) is 4. The molecule has 1 heterocycles. The number of benzene rings is 1. The number of nitrogens with one attached hydrogen (secondary N) is 3. The lowest BCUT2D eigenvalue weighted by atomic mass is 9.94. The molecule has 1 aliphatic rings. The molecule has 1 aromatic rings. The van der Waals surface area contributed by atoms with Gasteiger partial charge < -0.3 is 25.6 Å². The summed E-state index contributed by atoms with van der Waals surface area (Å²) >= 11 is 5.52. The number of hydrogen-bond donors (Lipinski definition) is 3. The molecular formula is C23H34N4O3S. The van der Waals surface area contributed by atoms with Crippen molar-refractivity contribution in [3.05, 3.63) is 41.1 Å². The molecule has 8 heteroatoms. The molecule has 0 aromatic heterocycles. The van der Waals surface area contributed by atoms with Crippen molar-refractivity contribution >= 4 is 35.0 Å². The SMILES string of the molecule is CCN1C(=S)NC(c2ccc(NC(=O)NC(C)(C)C)cc2)C(C(=O)OCC(C)C)=C1C. The lowest BCUT2D eigenvalue weighted by Crippen LogP contribution is -2.47. The van der Waals surface area contributed by atoms with Crippen molar-refractivity contribution in [1.29, 1.82) is 0 Å². The van der Waals surface area contributed by atoms with E-state index < -0.39 is 6.04 Å². The highest BCUT2D eigenvalue weighted by Gasteiger charge is 2.34. The van der Waals surface area contributed by atoms with Gasteiger partial charge in [0.15, 0.2) is 5.11 Å². The zero-order valence-electron chi connectivity index (χ0n) is 19.5. The van der Waals surface area contributed by atoms with Crippen molar-refractivity contribution in [3.63, 3.8) is 0 Å². The number of nitrogens with zero attached hydrogens (tertiary/aromatic N) is 1. The summed E-state index contributed by atoms with van der Waals surface area (Å²) in [5.41, 5.74) is 2.52. The monoisotopic (exact) mass is 446 g/mol. The van der Waals surface area contributed by atoms with Gasteiger partial charge in [-0.3, -0.25) is 0 Å². The minimum atomic E-state index is -0.424. The summed E-state index contributed by atoms with van der Waals surface area (Å²) < 4.78 is 5.54. The summed E-state index contributed by atoms with van der Waals surface area (Å²) in [5, 5.41) is 9.52. The second-order valence-corrected chi connectivity index (χ2v) is 9.46. The van der Waals surface area contributed by atoms with Crippen LogP contribution in [-0.2, 0) is 9.53 Å².